The van der Waals surface area contributed by atoms with Crippen LogP contribution in [0.3, 0.4) is 0 Å². The van der Waals surface area contributed by atoms with E-state index >= 15 is 0 Å². The first kappa shape index (κ1) is 22.3. The Bertz CT molecular complexity index is 1450. The molecule has 0 radical (unpaired) electrons. The first-order chi connectivity index (χ1) is 15.9. The van der Waals surface area contributed by atoms with Gasteiger partial charge in [-0.05, 0) is 24.3 Å². The summed E-state index contributed by atoms with van der Waals surface area (Å²) in [7, 11) is 4.52. The summed E-state index contributed by atoms with van der Waals surface area (Å²) in [6, 6.07) is 16.2. The smallest absolute Gasteiger partial charge is 0.332 e. The average Bonchev–Trinajstić information content (AvgIpc) is 2.85. The van der Waals surface area contributed by atoms with Gasteiger partial charge in [-0.2, -0.15) is 0 Å². The quantitative estimate of drug-likeness (QED) is 0.346. The lowest BCUT2D eigenvalue weighted by Gasteiger charge is -2.12. The Morgan fingerprint density at radius 2 is 1.70 bits per heavy atom. The Morgan fingerprint density at radius 3 is 2.36 bits per heavy atom. The van der Waals surface area contributed by atoms with Crippen molar-refractivity contribution in [1.82, 2.24) is 19.1 Å². The van der Waals surface area contributed by atoms with Crippen LogP contribution in [0.25, 0.3) is 22.4 Å². The summed E-state index contributed by atoms with van der Waals surface area (Å²) in [5, 5.41) is 3.34. The predicted octanol–water partition coefficient (Wildman–Crippen LogP) is 2.43. The fourth-order valence-corrected chi connectivity index (χ4v) is 4.07. The maximum Gasteiger partial charge on any atom is 0.332 e. The SMILES string of the molecule is COc1ccc(NC(=O)CSc2nc(-c3ccccc3)nc3c2c(=O)n(C)c(=O)n3C)cc1. The van der Waals surface area contributed by atoms with Gasteiger partial charge in [-0.15, -0.1) is 0 Å². The number of thioether (sulfide) groups is 1. The van der Waals surface area contributed by atoms with E-state index in [1.165, 1.54) is 11.6 Å². The van der Waals surface area contributed by atoms with Gasteiger partial charge in [0.2, 0.25) is 5.91 Å². The van der Waals surface area contributed by atoms with Gasteiger partial charge in [-0.1, -0.05) is 42.1 Å². The molecule has 2 aromatic heterocycles. The number of benzene rings is 2. The lowest BCUT2D eigenvalue weighted by Crippen LogP contribution is -2.37. The van der Waals surface area contributed by atoms with Gasteiger partial charge in [0.1, 0.15) is 16.2 Å². The Kier molecular flexibility index (Phi) is 6.27. The zero-order chi connectivity index (χ0) is 23.5. The number of nitrogens with one attached hydrogen (secondary N) is 1. The number of hydrogen-bond acceptors (Lipinski definition) is 7. The summed E-state index contributed by atoms with van der Waals surface area (Å²) in [6.07, 6.45) is 0. The van der Waals surface area contributed by atoms with Crippen molar-refractivity contribution in [2.75, 3.05) is 18.2 Å². The van der Waals surface area contributed by atoms with E-state index in [4.69, 9.17) is 4.74 Å². The molecule has 0 fully saturated rings. The highest BCUT2D eigenvalue weighted by Gasteiger charge is 2.19. The number of nitrogens with zero attached hydrogens (tertiary/aromatic N) is 4. The van der Waals surface area contributed by atoms with E-state index in [0.717, 1.165) is 21.9 Å². The fraction of sp³-hybridized carbons (Fsp3) is 0.174. The molecule has 4 aromatic rings. The van der Waals surface area contributed by atoms with Crippen LogP contribution in [0, 0.1) is 0 Å². The summed E-state index contributed by atoms with van der Waals surface area (Å²) in [5.74, 6) is 0.798. The van der Waals surface area contributed by atoms with Gasteiger partial charge in [0.15, 0.2) is 11.5 Å². The number of hydrogen-bond donors (Lipinski definition) is 1. The van der Waals surface area contributed by atoms with E-state index in [1.54, 1.807) is 38.4 Å². The second-order valence-electron chi connectivity index (χ2n) is 7.19. The van der Waals surface area contributed by atoms with Gasteiger partial charge < -0.3 is 10.1 Å². The van der Waals surface area contributed by atoms with Crippen LogP contribution in [-0.4, -0.2) is 37.9 Å². The molecule has 168 valence electrons. The van der Waals surface area contributed by atoms with Crippen molar-refractivity contribution in [2.45, 2.75) is 5.03 Å². The minimum Gasteiger partial charge on any atom is -0.497 e. The minimum absolute atomic E-state index is 0.0123. The first-order valence-electron chi connectivity index (χ1n) is 9.99. The van der Waals surface area contributed by atoms with Crippen molar-refractivity contribution < 1.29 is 9.53 Å². The second kappa shape index (κ2) is 9.29. The van der Waals surface area contributed by atoms with Gasteiger partial charge in [-0.25, -0.2) is 14.8 Å². The summed E-state index contributed by atoms with van der Waals surface area (Å²) in [6.45, 7) is 0. The highest BCUT2D eigenvalue weighted by molar-refractivity contribution is 8.00. The maximum atomic E-state index is 12.9. The minimum atomic E-state index is -0.509. The number of rotatable bonds is 6. The molecule has 0 aliphatic rings. The van der Waals surface area contributed by atoms with E-state index in [2.05, 4.69) is 15.3 Å². The van der Waals surface area contributed by atoms with E-state index in [1.807, 2.05) is 30.3 Å². The Hall–Kier alpha value is -3.92. The molecule has 0 spiro atoms. The molecule has 0 aliphatic heterocycles. The molecule has 33 heavy (non-hydrogen) atoms. The number of methoxy groups -OCH3 is 1. The molecular weight excluding hydrogens is 442 g/mol. The Labute approximate surface area is 193 Å². The Morgan fingerprint density at radius 1 is 1.00 bits per heavy atom. The fourth-order valence-electron chi connectivity index (χ4n) is 3.26. The summed E-state index contributed by atoms with van der Waals surface area (Å²) >= 11 is 1.11. The topological polar surface area (TPSA) is 108 Å². The molecule has 4 rings (SSSR count). The number of aryl methyl sites for hydroxylation is 1. The monoisotopic (exact) mass is 463 g/mol. The van der Waals surface area contributed by atoms with Gasteiger partial charge in [0.05, 0.1) is 12.9 Å². The van der Waals surface area contributed by atoms with Crippen LogP contribution in [0.15, 0.2) is 69.2 Å². The van der Waals surface area contributed by atoms with E-state index < -0.39 is 11.2 Å². The van der Waals surface area contributed by atoms with Crippen LogP contribution in [0.1, 0.15) is 0 Å². The molecule has 0 aliphatic carbocycles. The zero-order valence-electron chi connectivity index (χ0n) is 18.2. The van der Waals surface area contributed by atoms with Gasteiger partial charge in [0, 0.05) is 25.3 Å². The second-order valence-corrected chi connectivity index (χ2v) is 8.15. The van der Waals surface area contributed by atoms with Gasteiger partial charge in [0.25, 0.3) is 5.56 Å². The first-order valence-corrected chi connectivity index (χ1v) is 11.0. The van der Waals surface area contributed by atoms with Crippen molar-refractivity contribution in [3.8, 4) is 17.1 Å². The van der Waals surface area contributed by atoms with Crippen LogP contribution in [0.2, 0.25) is 0 Å². The predicted molar refractivity (Wildman–Crippen MR) is 128 cm³/mol. The molecule has 1 N–H and O–H groups in total. The number of amides is 1. The molecule has 0 saturated carbocycles. The maximum absolute atomic E-state index is 12.9. The summed E-state index contributed by atoms with van der Waals surface area (Å²) < 4.78 is 7.44. The standard InChI is InChI=1S/C23H21N5O4S/c1-27-20-18(22(30)28(2)23(27)31)21(26-19(25-20)14-7-5-4-6-8-14)33-13-17(29)24-15-9-11-16(32-3)12-10-15/h4-12H,13H2,1-3H3,(H,24,29). The van der Waals surface area contributed by atoms with Crippen LogP contribution in [-0.2, 0) is 18.9 Å². The molecule has 0 bridgehead atoms. The molecular formula is C23H21N5O4S. The van der Waals surface area contributed by atoms with E-state index in [0.29, 0.717) is 22.3 Å². The van der Waals surface area contributed by atoms with Crippen LogP contribution < -0.4 is 21.3 Å². The van der Waals surface area contributed by atoms with E-state index in [9.17, 15) is 14.4 Å². The molecule has 2 heterocycles. The van der Waals surface area contributed by atoms with Crippen molar-refractivity contribution in [1.29, 1.82) is 0 Å². The van der Waals surface area contributed by atoms with Gasteiger partial charge >= 0.3 is 5.69 Å². The summed E-state index contributed by atoms with van der Waals surface area (Å²) in [4.78, 5) is 47.0. The molecule has 10 heteroatoms. The van der Waals surface area contributed by atoms with Crippen molar-refractivity contribution in [2.24, 2.45) is 14.1 Å². The number of carbonyl (C=O) groups excluding carboxylic acids is 1. The summed E-state index contributed by atoms with van der Waals surface area (Å²) in [5.41, 5.74) is 0.577. The van der Waals surface area contributed by atoms with Crippen LogP contribution in [0.5, 0.6) is 5.75 Å². The van der Waals surface area contributed by atoms with E-state index in [-0.39, 0.29) is 22.7 Å². The lowest BCUT2D eigenvalue weighted by atomic mass is 10.2. The highest BCUT2D eigenvalue weighted by Crippen LogP contribution is 2.26. The third kappa shape index (κ3) is 4.51. The van der Waals surface area contributed by atoms with Crippen molar-refractivity contribution >= 4 is 34.4 Å². The molecule has 1 amide bonds. The third-order valence-corrected chi connectivity index (χ3v) is 5.99. The zero-order valence-corrected chi connectivity index (χ0v) is 19.0. The highest BCUT2D eigenvalue weighted by atomic mass is 32.2. The Balaban J connectivity index is 1.71. The van der Waals surface area contributed by atoms with Crippen molar-refractivity contribution in [3.05, 3.63) is 75.4 Å². The molecule has 9 nitrogen and oxygen atoms in total. The number of aromatic nitrogens is 4. The average molecular weight is 464 g/mol. The molecule has 0 saturated heterocycles. The number of fused-ring (bicyclic) bond motifs is 1. The third-order valence-electron chi connectivity index (χ3n) is 5.01. The normalized spacial score (nSPS) is 10.9. The largest absolute Gasteiger partial charge is 0.497 e. The number of anilines is 1. The van der Waals surface area contributed by atoms with Crippen molar-refractivity contribution in [3.63, 3.8) is 0 Å². The van der Waals surface area contributed by atoms with Crippen LogP contribution >= 0.6 is 11.8 Å². The molecule has 2 aromatic carbocycles. The molecule has 0 unspecified atom stereocenters. The van der Waals surface area contributed by atoms with Gasteiger partial charge in [-0.3, -0.25) is 18.7 Å². The van der Waals surface area contributed by atoms with Crippen LogP contribution in [0.4, 0.5) is 5.69 Å². The number of ether oxygens (including phenoxy) is 1. The number of carbonyl (C=O) groups is 1. The molecule has 0 atom stereocenters. The lowest BCUT2D eigenvalue weighted by molar-refractivity contribution is -0.113.